The molecule has 2 N–H and O–H groups in total. The number of benzene rings is 1. The lowest BCUT2D eigenvalue weighted by atomic mass is 9.93. The zero-order valence-electron chi connectivity index (χ0n) is 21.3. The number of aryl methyl sites for hydroxylation is 1. The first-order valence-electron chi connectivity index (χ1n) is 13.2. The number of hydrogen-bond donors (Lipinski definition) is 2. The predicted molar refractivity (Wildman–Crippen MR) is 142 cm³/mol. The number of anilines is 4. The summed E-state index contributed by atoms with van der Waals surface area (Å²) in [6.07, 6.45) is 6.80. The predicted octanol–water partition coefficient (Wildman–Crippen LogP) is 4.17. The van der Waals surface area contributed by atoms with E-state index in [-0.39, 0.29) is 17.0 Å². The van der Waals surface area contributed by atoms with Gasteiger partial charge in [0.05, 0.1) is 35.3 Å². The van der Waals surface area contributed by atoms with Gasteiger partial charge in [0.15, 0.2) is 0 Å². The van der Waals surface area contributed by atoms with Gasteiger partial charge in [0.1, 0.15) is 5.82 Å². The molecule has 4 fully saturated rings. The van der Waals surface area contributed by atoms with E-state index in [1.165, 1.54) is 17.7 Å². The molecule has 2 aliphatic heterocycles. The molecule has 2 aliphatic carbocycles. The molecule has 38 heavy (non-hydrogen) atoms. The van der Waals surface area contributed by atoms with E-state index in [1.54, 1.807) is 31.2 Å². The van der Waals surface area contributed by atoms with E-state index in [9.17, 15) is 22.0 Å². The molecule has 1 spiro atoms. The Labute approximate surface area is 221 Å². The van der Waals surface area contributed by atoms with Crippen molar-refractivity contribution in [2.75, 3.05) is 46.0 Å². The van der Waals surface area contributed by atoms with Crippen molar-refractivity contribution in [2.24, 2.45) is 5.41 Å². The Morgan fingerprint density at radius 1 is 1.03 bits per heavy atom. The molecule has 3 heterocycles. The van der Waals surface area contributed by atoms with Crippen LogP contribution in [0.5, 0.6) is 0 Å². The molecular weight excluding hydrogens is 514 g/mol. The first-order valence-corrected chi connectivity index (χ1v) is 14.8. The molecule has 6 rings (SSSR count). The van der Waals surface area contributed by atoms with Crippen molar-refractivity contribution in [3.8, 4) is 0 Å². The molecule has 204 valence electrons. The minimum atomic E-state index is -3.48. The quantitative estimate of drug-likeness (QED) is 0.537. The van der Waals surface area contributed by atoms with Crippen molar-refractivity contribution >= 4 is 39.1 Å². The zero-order chi connectivity index (χ0) is 26.7. The second-order valence-electron chi connectivity index (χ2n) is 11.3. The molecule has 2 saturated carbocycles. The van der Waals surface area contributed by atoms with E-state index in [0.29, 0.717) is 40.9 Å². The van der Waals surface area contributed by atoms with E-state index in [1.807, 2.05) is 0 Å². The lowest BCUT2D eigenvalue weighted by Gasteiger charge is -2.38. The number of rotatable bonds is 7. The highest BCUT2D eigenvalue weighted by Gasteiger charge is 2.46. The van der Waals surface area contributed by atoms with E-state index >= 15 is 0 Å². The van der Waals surface area contributed by atoms with Crippen LogP contribution < -0.4 is 19.8 Å². The van der Waals surface area contributed by atoms with Crippen LogP contribution in [-0.4, -0.2) is 61.6 Å². The van der Waals surface area contributed by atoms with Crippen LogP contribution in [0.1, 0.15) is 61.0 Å². The number of alkyl halides is 2. The molecular formula is C26H32F2N6O3S. The average molecular weight is 547 g/mol. The Kier molecular flexibility index (Phi) is 6.00. The van der Waals surface area contributed by atoms with Gasteiger partial charge in [-0.1, -0.05) is 6.42 Å². The normalized spacial score (nSPS) is 22.0. The fraction of sp³-hybridized carbons (Fsp3) is 0.577. The Hall–Kier alpha value is -3.02. The average Bonchev–Trinajstić information content (AvgIpc) is 3.54. The third-order valence-electron chi connectivity index (χ3n) is 8.33. The molecule has 0 radical (unpaired) electrons. The molecule has 4 aliphatic rings. The molecule has 2 saturated heterocycles. The maximum absolute atomic E-state index is 13.5. The van der Waals surface area contributed by atoms with Gasteiger partial charge in [0.25, 0.3) is 11.8 Å². The highest BCUT2D eigenvalue weighted by molar-refractivity contribution is 7.93. The van der Waals surface area contributed by atoms with Crippen molar-refractivity contribution in [1.29, 1.82) is 0 Å². The summed E-state index contributed by atoms with van der Waals surface area (Å²) in [5.41, 5.74) is 2.49. The number of piperidine rings is 1. The van der Waals surface area contributed by atoms with Gasteiger partial charge in [0.2, 0.25) is 16.0 Å². The van der Waals surface area contributed by atoms with Crippen LogP contribution in [-0.2, 0) is 10.0 Å². The number of carbonyl (C=O) groups is 1. The Morgan fingerprint density at radius 2 is 1.74 bits per heavy atom. The molecule has 12 heteroatoms. The number of nitrogens with zero attached hydrogens (tertiary/aromatic N) is 4. The van der Waals surface area contributed by atoms with Crippen molar-refractivity contribution < 1.29 is 22.0 Å². The summed E-state index contributed by atoms with van der Waals surface area (Å²) in [7, 11) is -3.48. The topological polar surface area (TPSA) is 108 Å². The molecule has 1 aromatic heterocycles. The molecule has 1 aromatic carbocycles. The summed E-state index contributed by atoms with van der Waals surface area (Å²) in [5, 5.41) is 2.43. The standard InChI is InChI=1S/C26H32F2N6O3S/c1-17-13-22(31-24(29-17)34-15-26(27,28)16-34)30-23(35)20-6-5-18(32-38(36,37)19-3-2-4-19)14-21(20)33-11-9-25(7-8-25)10-12-33/h5-6,13-14,19,32H,2-4,7-12,15-16H2,1H3,(H,29,30,31,35). The van der Waals surface area contributed by atoms with Gasteiger partial charge < -0.3 is 15.1 Å². The Morgan fingerprint density at radius 3 is 2.34 bits per heavy atom. The fourth-order valence-electron chi connectivity index (χ4n) is 5.47. The maximum atomic E-state index is 13.5. The van der Waals surface area contributed by atoms with Gasteiger partial charge in [-0.2, -0.15) is 4.98 Å². The summed E-state index contributed by atoms with van der Waals surface area (Å²) in [4.78, 5) is 25.6. The summed E-state index contributed by atoms with van der Waals surface area (Å²) in [5.74, 6) is -2.79. The SMILES string of the molecule is Cc1cc(NC(=O)c2ccc(NS(=O)(=O)C3CCC3)cc2N2CCC3(CC2)CC3)nc(N2CC(F)(F)C2)n1. The van der Waals surface area contributed by atoms with Gasteiger partial charge in [-0.15, -0.1) is 0 Å². The number of aromatic nitrogens is 2. The number of hydrogen-bond acceptors (Lipinski definition) is 7. The zero-order valence-corrected chi connectivity index (χ0v) is 22.2. The molecule has 0 unspecified atom stereocenters. The number of amides is 1. The maximum Gasteiger partial charge on any atom is 0.282 e. The van der Waals surface area contributed by atoms with Crippen LogP contribution in [0.25, 0.3) is 0 Å². The summed E-state index contributed by atoms with van der Waals surface area (Å²) in [6.45, 7) is 2.39. The van der Waals surface area contributed by atoms with Gasteiger partial charge >= 0.3 is 0 Å². The minimum Gasteiger partial charge on any atom is -0.371 e. The summed E-state index contributed by atoms with van der Waals surface area (Å²) in [6, 6.07) is 6.59. The third kappa shape index (κ3) is 5.02. The van der Waals surface area contributed by atoms with Crippen molar-refractivity contribution in [1.82, 2.24) is 9.97 Å². The van der Waals surface area contributed by atoms with E-state index in [4.69, 9.17) is 0 Å². The number of halogens is 2. The van der Waals surface area contributed by atoms with Gasteiger partial charge in [0, 0.05) is 24.8 Å². The largest absolute Gasteiger partial charge is 0.371 e. The van der Waals surface area contributed by atoms with Crippen molar-refractivity contribution in [3.63, 3.8) is 0 Å². The molecule has 2 aromatic rings. The lowest BCUT2D eigenvalue weighted by molar-refractivity contribution is -0.0271. The Balaban J connectivity index is 1.25. The first kappa shape index (κ1) is 25.3. The number of carbonyl (C=O) groups excluding carboxylic acids is 1. The van der Waals surface area contributed by atoms with E-state index < -0.39 is 34.9 Å². The fourth-order valence-corrected chi connectivity index (χ4v) is 7.05. The Bertz CT molecular complexity index is 1360. The third-order valence-corrected chi connectivity index (χ3v) is 10.2. The number of nitrogens with one attached hydrogen (secondary N) is 2. The van der Waals surface area contributed by atoms with Crippen LogP contribution in [0.15, 0.2) is 24.3 Å². The highest BCUT2D eigenvalue weighted by atomic mass is 32.2. The van der Waals surface area contributed by atoms with Gasteiger partial charge in [-0.25, -0.2) is 22.2 Å². The smallest absolute Gasteiger partial charge is 0.282 e. The summed E-state index contributed by atoms with van der Waals surface area (Å²) < 4.78 is 54.9. The van der Waals surface area contributed by atoms with Crippen LogP contribution in [0.3, 0.4) is 0 Å². The monoisotopic (exact) mass is 546 g/mol. The van der Waals surface area contributed by atoms with Crippen LogP contribution in [0.4, 0.5) is 31.9 Å². The second-order valence-corrected chi connectivity index (χ2v) is 13.2. The van der Waals surface area contributed by atoms with Gasteiger partial charge in [-0.3, -0.25) is 9.52 Å². The van der Waals surface area contributed by atoms with Crippen molar-refractivity contribution in [2.45, 2.75) is 63.0 Å². The molecule has 1 amide bonds. The van der Waals surface area contributed by atoms with Crippen LogP contribution >= 0.6 is 0 Å². The lowest BCUT2D eigenvalue weighted by Crippen LogP contribution is -2.57. The van der Waals surface area contributed by atoms with Crippen LogP contribution in [0.2, 0.25) is 0 Å². The minimum absolute atomic E-state index is 0.151. The molecule has 9 nitrogen and oxygen atoms in total. The molecule has 0 atom stereocenters. The highest BCUT2D eigenvalue weighted by Crippen LogP contribution is 2.54. The van der Waals surface area contributed by atoms with Gasteiger partial charge in [-0.05, 0) is 69.1 Å². The van der Waals surface area contributed by atoms with E-state index in [2.05, 4.69) is 24.9 Å². The molecule has 0 bridgehead atoms. The van der Waals surface area contributed by atoms with Crippen molar-refractivity contribution in [3.05, 3.63) is 35.5 Å². The van der Waals surface area contributed by atoms with E-state index in [0.717, 1.165) is 32.4 Å². The first-order chi connectivity index (χ1) is 18.0. The van der Waals surface area contributed by atoms with Crippen LogP contribution in [0, 0.1) is 12.3 Å². The number of sulfonamides is 1. The summed E-state index contributed by atoms with van der Waals surface area (Å²) >= 11 is 0. The second kappa shape index (κ2) is 9.03.